The van der Waals surface area contributed by atoms with Gasteiger partial charge in [-0.05, 0) is 59.7 Å². The Morgan fingerprint density at radius 1 is 0.878 bits per heavy atom. The van der Waals surface area contributed by atoms with Crippen LogP contribution in [0.25, 0.3) is 22.2 Å². The zero-order valence-electron chi connectivity index (χ0n) is 22.0. The van der Waals surface area contributed by atoms with E-state index in [1.807, 2.05) is 54.6 Å². The van der Waals surface area contributed by atoms with E-state index in [1.54, 1.807) is 6.20 Å². The molecule has 41 heavy (non-hydrogen) atoms. The molecular formula is C31H27F2N5O3. The van der Waals surface area contributed by atoms with Crippen molar-refractivity contribution in [2.24, 2.45) is 0 Å². The Hall–Kier alpha value is -4.99. The number of amides is 1. The molecule has 0 aliphatic rings. The van der Waals surface area contributed by atoms with Crippen LogP contribution in [0.5, 0.6) is 0 Å². The molecule has 10 heteroatoms. The maximum absolute atomic E-state index is 13.9. The molecule has 0 radical (unpaired) electrons. The third-order valence-corrected chi connectivity index (χ3v) is 6.72. The summed E-state index contributed by atoms with van der Waals surface area (Å²) in [4.78, 5) is 30.3. The summed E-state index contributed by atoms with van der Waals surface area (Å²) >= 11 is 0. The molecule has 2 heterocycles. The van der Waals surface area contributed by atoms with E-state index in [-0.39, 0.29) is 37.4 Å². The minimum absolute atomic E-state index is 0.00187. The van der Waals surface area contributed by atoms with E-state index < -0.39 is 23.6 Å². The molecule has 1 atom stereocenters. The third kappa shape index (κ3) is 6.96. The van der Waals surface area contributed by atoms with Gasteiger partial charge in [0.05, 0.1) is 6.04 Å². The number of ketones is 1. The standard InChI is InChI=1S/C31H27F2N5O3/c32-24-10-7-20(17-25(24)33)18-26(27(39)11-8-19-6-9-23-22(16-19)14-15-35-30(23)34)36-28(40)12-13-29-37-38-31(41-29)21-4-2-1-3-5-21/h1-7,9-10,14-17,26H,8,11-13,18H2,(H2,34,35)(H,36,40)/t26-/m0/s1. The number of fused-ring (bicyclic) bond motifs is 1. The van der Waals surface area contributed by atoms with Crippen molar-refractivity contribution < 1.29 is 22.8 Å². The number of pyridine rings is 1. The maximum Gasteiger partial charge on any atom is 0.247 e. The summed E-state index contributed by atoms with van der Waals surface area (Å²) in [6.45, 7) is 0. The molecule has 0 unspecified atom stereocenters. The van der Waals surface area contributed by atoms with Crippen LogP contribution in [0.3, 0.4) is 0 Å². The summed E-state index contributed by atoms with van der Waals surface area (Å²) in [7, 11) is 0. The van der Waals surface area contributed by atoms with Crippen molar-refractivity contribution in [2.75, 3.05) is 5.73 Å². The minimum Gasteiger partial charge on any atom is -0.421 e. The second-order valence-corrected chi connectivity index (χ2v) is 9.66. The number of nitrogens with one attached hydrogen (secondary N) is 1. The van der Waals surface area contributed by atoms with E-state index in [9.17, 15) is 18.4 Å². The number of nitrogen functional groups attached to an aromatic ring is 1. The van der Waals surface area contributed by atoms with Gasteiger partial charge in [-0.15, -0.1) is 10.2 Å². The van der Waals surface area contributed by atoms with Crippen molar-refractivity contribution >= 4 is 28.3 Å². The number of Topliss-reactive ketones (excluding diaryl/α,β-unsaturated/α-hetero) is 1. The number of aryl methyl sites for hydroxylation is 2. The lowest BCUT2D eigenvalue weighted by Gasteiger charge is -2.18. The van der Waals surface area contributed by atoms with E-state index >= 15 is 0 Å². The number of hydrogen-bond donors (Lipinski definition) is 2. The predicted octanol–water partition coefficient (Wildman–Crippen LogP) is 5.01. The Kier molecular flexibility index (Phi) is 8.38. The molecule has 208 valence electrons. The molecule has 1 amide bonds. The van der Waals surface area contributed by atoms with E-state index in [4.69, 9.17) is 10.2 Å². The topological polar surface area (TPSA) is 124 Å². The molecule has 0 aliphatic heterocycles. The molecule has 0 saturated heterocycles. The van der Waals surface area contributed by atoms with Crippen LogP contribution >= 0.6 is 0 Å². The van der Waals surface area contributed by atoms with E-state index in [2.05, 4.69) is 20.5 Å². The van der Waals surface area contributed by atoms with E-state index in [0.29, 0.717) is 23.7 Å². The fraction of sp³-hybridized carbons (Fsp3) is 0.194. The molecule has 5 aromatic rings. The molecule has 0 aliphatic carbocycles. The van der Waals surface area contributed by atoms with Gasteiger partial charge in [-0.2, -0.15) is 0 Å². The number of aromatic nitrogens is 3. The Bertz CT molecular complexity index is 1690. The maximum atomic E-state index is 13.9. The van der Waals surface area contributed by atoms with Gasteiger partial charge in [-0.1, -0.05) is 42.5 Å². The smallest absolute Gasteiger partial charge is 0.247 e. The van der Waals surface area contributed by atoms with Crippen LogP contribution < -0.4 is 11.1 Å². The number of rotatable bonds is 11. The normalized spacial score (nSPS) is 11.9. The lowest BCUT2D eigenvalue weighted by Crippen LogP contribution is -2.42. The Morgan fingerprint density at radius 3 is 2.49 bits per heavy atom. The number of benzene rings is 3. The number of carbonyl (C=O) groups excluding carboxylic acids is 2. The highest BCUT2D eigenvalue weighted by Gasteiger charge is 2.22. The Morgan fingerprint density at radius 2 is 1.68 bits per heavy atom. The summed E-state index contributed by atoms with van der Waals surface area (Å²) in [5.41, 5.74) is 8.00. The number of nitrogens with zero attached hydrogens (tertiary/aromatic N) is 3. The first-order valence-electron chi connectivity index (χ1n) is 13.1. The average Bonchev–Trinajstić information content (AvgIpc) is 3.46. The molecule has 0 saturated carbocycles. The number of halogens is 2. The van der Waals surface area contributed by atoms with Crippen LogP contribution in [0, 0.1) is 11.6 Å². The highest BCUT2D eigenvalue weighted by molar-refractivity contribution is 5.92. The van der Waals surface area contributed by atoms with Gasteiger partial charge in [0.15, 0.2) is 17.4 Å². The van der Waals surface area contributed by atoms with E-state index in [0.717, 1.165) is 34.0 Å². The minimum atomic E-state index is -1.02. The van der Waals surface area contributed by atoms with Gasteiger partial charge in [0, 0.05) is 36.4 Å². The SMILES string of the molecule is Nc1nccc2cc(CCC(=O)[C@H](Cc3ccc(F)c(F)c3)NC(=O)CCc3nnc(-c4ccccc4)o3)ccc12. The summed E-state index contributed by atoms with van der Waals surface area (Å²) < 4.78 is 33.0. The predicted molar refractivity (Wildman–Crippen MR) is 150 cm³/mol. The van der Waals surface area contributed by atoms with E-state index in [1.165, 1.54) is 6.07 Å². The summed E-state index contributed by atoms with van der Waals surface area (Å²) in [5.74, 6) is -1.58. The lowest BCUT2D eigenvalue weighted by atomic mass is 9.96. The van der Waals surface area contributed by atoms with Gasteiger partial charge in [-0.3, -0.25) is 9.59 Å². The molecule has 2 aromatic heterocycles. The fourth-order valence-corrected chi connectivity index (χ4v) is 4.53. The van der Waals surface area contributed by atoms with Gasteiger partial charge in [-0.25, -0.2) is 13.8 Å². The molecule has 3 aromatic carbocycles. The zero-order chi connectivity index (χ0) is 28.8. The van der Waals surface area contributed by atoms with Crippen LogP contribution in [-0.2, 0) is 28.9 Å². The number of hydrogen-bond acceptors (Lipinski definition) is 7. The first-order chi connectivity index (χ1) is 19.9. The summed E-state index contributed by atoms with van der Waals surface area (Å²) in [6, 6.07) is 19.3. The van der Waals surface area contributed by atoms with Crippen molar-refractivity contribution in [2.45, 2.75) is 38.1 Å². The molecule has 0 spiro atoms. The second kappa shape index (κ2) is 12.5. The number of nitrogens with two attached hydrogens (primary N) is 1. The van der Waals surface area contributed by atoms with Gasteiger partial charge >= 0.3 is 0 Å². The van der Waals surface area contributed by atoms with Crippen molar-refractivity contribution in [3.05, 3.63) is 108 Å². The molecule has 0 bridgehead atoms. The van der Waals surface area contributed by atoms with Gasteiger partial charge < -0.3 is 15.5 Å². The molecular weight excluding hydrogens is 528 g/mol. The number of anilines is 1. The molecule has 0 fully saturated rings. The molecule has 8 nitrogen and oxygen atoms in total. The van der Waals surface area contributed by atoms with Crippen molar-refractivity contribution in [3.63, 3.8) is 0 Å². The number of carbonyl (C=O) groups is 2. The van der Waals surface area contributed by atoms with Crippen molar-refractivity contribution in [3.8, 4) is 11.5 Å². The fourth-order valence-electron chi connectivity index (χ4n) is 4.53. The lowest BCUT2D eigenvalue weighted by molar-refractivity contribution is -0.127. The van der Waals surface area contributed by atoms with Crippen LogP contribution in [-0.4, -0.2) is 32.9 Å². The highest BCUT2D eigenvalue weighted by atomic mass is 19.2. The quantitative estimate of drug-likeness (QED) is 0.235. The van der Waals surface area contributed by atoms with Gasteiger partial charge in [0.1, 0.15) is 5.82 Å². The summed E-state index contributed by atoms with van der Waals surface area (Å²) in [6.07, 6.45) is 2.36. The first-order valence-corrected chi connectivity index (χ1v) is 13.1. The average molecular weight is 556 g/mol. The zero-order valence-corrected chi connectivity index (χ0v) is 22.0. The van der Waals surface area contributed by atoms with Crippen LogP contribution in [0.2, 0.25) is 0 Å². The van der Waals surface area contributed by atoms with Gasteiger partial charge in [0.2, 0.25) is 17.7 Å². The first kappa shape index (κ1) is 27.6. The van der Waals surface area contributed by atoms with Crippen LogP contribution in [0.15, 0.2) is 83.4 Å². The molecule has 5 rings (SSSR count). The van der Waals surface area contributed by atoms with Crippen molar-refractivity contribution in [1.82, 2.24) is 20.5 Å². The second-order valence-electron chi connectivity index (χ2n) is 9.66. The van der Waals surface area contributed by atoms with Crippen LogP contribution in [0.4, 0.5) is 14.6 Å². The van der Waals surface area contributed by atoms with Crippen LogP contribution in [0.1, 0.15) is 29.9 Å². The Labute approximate surface area is 234 Å². The summed E-state index contributed by atoms with van der Waals surface area (Å²) in [5, 5.41) is 12.5. The Balaban J connectivity index is 1.24. The highest BCUT2D eigenvalue weighted by Crippen LogP contribution is 2.21. The van der Waals surface area contributed by atoms with Gasteiger partial charge in [0.25, 0.3) is 0 Å². The third-order valence-electron chi connectivity index (χ3n) is 6.72. The van der Waals surface area contributed by atoms with Crippen molar-refractivity contribution in [1.29, 1.82) is 0 Å². The largest absolute Gasteiger partial charge is 0.421 e. The molecule has 3 N–H and O–H groups in total. The monoisotopic (exact) mass is 555 g/mol.